The van der Waals surface area contributed by atoms with Gasteiger partial charge < -0.3 is 11.2 Å². The van der Waals surface area contributed by atoms with E-state index < -0.39 is 11.1 Å². The Labute approximate surface area is 163 Å². The summed E-state index contributed by atoms with van der Waals surface area (Å²) in [6, 6.07) is 5.86. The van der Waals surface area contributed by atoms with Gasteiger partial charge in [0.1, 0.15) is 5.82 Å². The normalized spacial score (nSPS) is 12.2. The zero-order valence-corrected chi connectivity index (χ0v) is 16.3. The Morgan fingerprint density at radius 3 is 2.70 bits per heavy atom. The van der Waals surface area contributed by atoms with Crippen molar-refractivity contribution in [2.45, 2.75) is 31.2 Å². The molecule has 0 saturated carbocycles. The fourth-order valence-electron chi connectivity index (χ4n) is 2.35. The summed E-state index contributed by atoms with van der Waals surface area (Å²) in [5, 5.41) is 14.8. The van der Waals surface area contributed by atoms with Crippen molar-refractivity contribution in [1.82, 2.24) is 24.7 Å². The molecule has 0 aliphatic rings. The van der Waals surface area contributed by atoms with Crippen molar-refractivity contribution in [3.05, 3.63) is 46.5 Å². The molecule has 142 valence electrons. The van der Waals surface area contributed by atoms with E-state index in [1.165, 1.54) is 22.9 Å². The maximum atomic E-state index is 13.2. The molecule has 0 bridgehead atoms. The summed E-state index contributed by atoms with van der Waals surface area (Å²) in [7, 11) is 0. The van der Waals surface area contributed by atoms with Crippen LogP contribution in [0.2, 0.25) is 5.02 Å². The van der Waals surface area contributed by atoms with Crippen LogP contribution < -0.4 is 11.2 Å². The van der Waals surface area contributed by atoms with Gasteiger partial charge in [-0.1, -0.05) is 23.4 Å². The molecule has 2 heterocycles. The van der Waals surface area contributed by atoms with Gasteiger partial charge in [0, 0.05) is 11.4 Å². The number of aryl methyl sites for hydroxylation is 2. The molecule has 0 spiro atoms. The molecular formula is C16H17ClFN7OS. The average molecular weight is 410 g/mol. The lowest BCUT2D eigenvalue weighted by Gasteiger charge is -2.12. The lowest BCUT2D eigenvalue weighted by atomic mass is 10.3. The van der Waals surface area contributed by atoms with E-state index >= 15 is 0 Å². The maximum absolute atomic E-state index is 13.2. The Morgan fingerprint density at radius 1 is 1.33 bits per heavy atom. The number of carbonyl (C=O) groups excluding carboxylic acids is 1. The number of aromatic nitrogens is 5. The van der Waals surface area contributed by atoms with Crippen LogP contribution in [0.3, 0.4) is 0 Å². The van der Waals surface area contributed by atoms with Crippen LogP contribution in [-0.2, 0) is 4.79 Å². The molecule has 0 aliphatic heterocycles. The minimum absolute atomic E-state index is 0.0654. The predicted octanol–water partition coefficient (Wildman–Crippen LogP) is 2.71. The van der Waals surface area contributed by atoms with Crippen molar-refractivity contribution < 1.29 is 9.18 Å². The van der Waals surface area contributed by atoms with E-state index in [1.54, 1.807) is 11.6 Å². The summed E-state index contributed by atoms with van der Waals surface area (Å²) >= 11 is 6.86. The molecule has 3 aromatic rings. The highest BCUT2D eigenvalue weighted by molar-refractivity contribution is 8.00. The van der Waals surface area contributed by atoms with Crippen molar-refractivity contribution >= 4 is 35.0 Å². The standard InChI is InChI=1S/C16H17ClFN7OS/c1-8-6-9(2)25(23-8)15-21-22-16(24(15)19)27-10(3)14(26)20-11-4-5-13(18)12(17)7-11/h4-7,10H,19H2,1-3H3,(H,20,26)/t10-/m0/s1. The third-order valence-corrected chi connectivity index (χ3v) is 5.03. The molecule has 1 atom stereocenters. The summed E-state index contributed by atoms with van der Waals surface area (Å²) in [5.74, 6) is 5.56. The van der Waals surface area contributed by atoms with E-state index in [1.807, 2.05) is 19.9 Å². The molecule has 0 aliphatic carbocycles. The Hall–Kier alpha value is -2.59. The summed E-state index contributed by atoms with van der Waals surface area (Å²) in [6.45, 7) is 5.44. The van der Waals surface area contributed by atoms with E-state index in [-0.39, 0.29) is 10.9 Å². The number of thioether (sulfide) groups is 1. The maximum Gasteiger partial charge on any atom is 0.271 e. The van der Waals surface area contributed by atoms with Crippen LogP contribution in [0.1, 0.15) is 18.3 Å². The van der Waals surface area contributed by atoms with E-state index in [2.05, 4.69) is 20.6 Å². The van der Waals surface area contributed by atoms with Gasteiger partial charge in [-0.05, 0) is 45.0 Å². The van der Waals surface area contributed by atoms with Crippen LogP contribution in [0.5, 0.6) is 0 Å². The van der Waals surface area contributed by atoms with Gasteiger partial charge in [-0.25, -0.2) is 13.7 Å². The first kappa shape index (κ1) is 19.2. The number of benzene rings is 1. The van der Waals surface area contributed by atoms with Gasteiger partial charge in [-0.15, -0.1) is 10.2 Å². The minimum Gasteiger partial charge on any atom is -0.334 e. The van der Waals surface area contributed by atoms with Crippen molar-refractivity contribution in [1.29, 1.82) is 0 Å². The number of hydrogen-bond donors (Lipinski definition) is 2. The topological polar surface area (TPSA) is 104 Å². The Balaban J connectivity index is 1.72. The van der Waals surface area contributed by atoms with Gasteiger partial charge in [0.2, 0.25) is 11.1 Å². The number of halogens is 2. The predicted molar refractivity (Wildman–Crippen MR) is 102 cm³/mol. The number of carbonyl (C=O) groups is 1. The highest BCUT2D eigenvalue weighted by atomic mass is 35.5. The van der Waals surface area contributed by atoms with E-state index in [9.17, 15) is 9.18 Å². The molecule has 3 rings (SSSR count). The fourth-order valence-corrected chi connectivity index (χ4v) is 3.30. The van der Waals surface area contributed by atoms with Crippen LogP contribution in [0.25, 0.3) is 5.95 Å². The molecule has 0 saturated heterocycles. The molecule has 8 nitrogen and oxygen atoms in total. The number of nitrogens with one attached hydrogen (secondary N) is 1. The molecule has 1 amide bonds. The Kier molecular flexibility index (Phi) is 5.38. The Bertz CT molecular complexity index is 1000. The Morgan fingerprint density at radius 2 is 2.07 bits per heavy atom. The second kappa shape index (κ2) is 7.57. The summed E-state index contributed by atoms with van der Waals surface area (Å²) in [5.41, 5.74) is 2.09. The van der Waals surface area contributed by atoms with Crippen LogP contribution in [-0.4, -0.2) is 35.8 Å². The zero-order valence-electron chi connectivity index (χ0n) is 14.8. The van der Waals surface area contributed by atoms with Crippen LogP contribution >= 0.6 is 23.4 Å². The molecular weight excluding hydrogens is 393 g/mol. The average Bonchev–Trinajstić information content (AvgIpc) is 3.12. The lowest BCUT2D eigenvalue weighted by molar-refractivity contribution is -0.115. The van der Waals surface area contributed by atoms with Crippen LogP contribution in [0.4, 0.5) is 10.1 Å². The number of nitrogens with two attached hydrogens (primary N) is 1. The van der Waals surface area contributed by atoms with E-state index in [4.69, 9.17) is 17.4 Å². The van der Waals surface area contributed by atoms with E-state index in [0.29, 0.717) is 16.8 Å². The summed E-state index contributed by atoms with van der Waals surface area (Å²) < 4.78 is 16.1. The first-order chi connectivity index (χ1) is 12.8. The molecule has 11 heteroatoms. The van der Waals surface area contributed by atoms with Gasteiger partial charge >= 0.3 is 0 Å². The minimum atomic E-state index is -0.551. The first-order valence-electron chi connectivity index (χ1n) is 7.93. The van der Waals surface area contributed by atoms with Crippen LogP contribution in [0.15, 0.2) is 29.4 Å². The van der Waals surface area contributed by atoms with Crippen molar-refractivity contribution in [3.63, 3.8) is 0 Å². The third-order valence-electron chi connectivity index (χ3n) is 3.68. The first-order valence-corrected chi connectivity index (χ1v) is 9.18. The van der Waals surface area contributed by atoms with Gasteiger partial charge in [-0.3, -0.25) is 4.79 Å². The third kappa shape index (κ3) is 4.06. The summed E-state index contributed by atoms with van der Waals surface area (Å²) in [4.78, 5) is 12.4. The molecule has 0 unspecified atom stereocenters. The van der Waals surface area contributed by atoms with E-state index in [0.717, 1.165) is 23.1 Å². The molecule has 27 heavy (non-hydrogen) atoms. The monoisotopic (exact) mass is 409 g/mol. The fraction of sp³-hybridized carbons (Fsp3) is 0.250. The van der Waals surface area contributed by atoms with Crippen molar-refractivity contribution in [2.75, 3.05) is 11.2 Å². The zero-order chi connectivity index (χ0) is 19.7. The number of rotatable bonds is 5. The summed E-state index contributed by atoms with van der Waals surface area (Å²) in [6.07, 6.45) is 0. The smallest absolute Gasteiger partial charge is 0.271 e. The second-order valence-corrected chi connectivity index (χ2v) is 7.58. The SMILES string of the molecule is Cc1cc(C)n(-c2nnc(S[C@@H](C)C(=O)Nc3ccc(F)c(Cl)c3)n2N)n1. The van der Waals surface area contributed by atoms with Crippen LogP contribution in [0, 0.1) is 19.7 Å². The number of anilines is 1. The van der Waals surface area contributed by atoms with Gasteiger partial charge in [0.25, 0.3) is 5.95 Å². The highest BCUT2D eigenvalue weighted by Gasteiger charge is 2.21. The molecule has 0 fully saturated rings. The molecule has 0 radical (unpaired) electrons. The lowest BCUT2D eigenvalue weighted by Crippen LogP contribution is -2.24. The number of nitrogen functional groups attached to an aromatic ring is 1. The number of amides is 1. The van der Waals surface area contributed by atoms with Crippen molar-refractivity contribution in [3.8, 4) is 5.95 Å². The number of hydrogen-bond acceptors (Lipinski definition) is 6. The quantitative estimate of drug-likeness (QED) is 0.496. The van der Waals surface area contributed by atoms with Gasteiger partial charge in [-0.2, -0.15) is 5.10 Å². The number of nitrogens with zero attached hydrogens (tertiary/aromatic N) is 5. The largest absolute Gasteiger partial charge is 0.334 e. The van der Waals surface area contributed by atoms with Gasteiger partial charge in [0.15, 0.2) is 0 Å². The molecule has 1 aromatic carbocycles. The second-order valence-electron chi connectivity index (χ2n) is 5.87. The molecule has 2 aromatic heterocycles. The van der Waals surface area contributed by atoms with Crippen molar-refractivity contribution in [2.24, 2.45) is 0 Å². The molecule has 3 N–H and O–H groups in total. The van der Waals surface area contributed by atoms with Gasteiger partial charge in [0.05, 0.1) is 16.0 Å². The highest BCUT2D eigenvalue weighted by Crippen LogP contribution is 2.24.